The molecule has 4 aromatic heterocycles. The average Bonchev–Trinajstić information content (AvgIpc) is 3.35. The van der Waals surface area contributed by atoms with Gasteiger partial charge in [-0.15, -0.1) is 22.7 Å². The molecule has 0 saturated carbocycles. The van der Waals surface area contributed by atoms with Crippen molar-refractivity contribution < 1.29 is 0 Å². The molecule has 0 radical (unpaired) electrons. The lowest BCUT2D eigenvalue weighted by Crippen LogP contribution is -2.05. The Morgan fingerprint density at radius 1 is 1.07 bits per heavy atom. The Morgan fingerprint density at radius 2 is 1.85 bits per heavy atom. The molecule has 140 valence electrons. The van der Waals surface area contributed by atoms with Crippen LogP contribution in [0, 0.1) is 20.8 Å². The second-order valence-corrected chi connectivity index (χ2v) is 8.89. The van der Waals surface area contributed by atoms with Crippen LogP contribution in [0.3, 0.4) is 0 Å². The number of fused-ring (bicyclic) bond motifs is 1. The zero-order valence-electron chi connectivity index (χ0n) is 16.4. The van der Waals surface area contributed by atoms with Crippen LogP contribution in [0.25, 0.3) is 26.1 Å². The fourth-order valence-corrected chi connectivity index (χ4v) is 5.64. The van der Waals surface area contributed by atoms with Crippen LogP contribution in [-0.2, 0) is 0 Å². The van der Waals surface area contributed by atoms with E-state index in [2.05, 4.69) is 62.7 Å². The van der Waals surface area contributed by atoms with Crippen LogP contribution >= 0.6 is 22.7 Å². The SMILES string of the molecule is CCC(CC)c1cc(C)nn2c(-c3sc(-c4cccs4)nc3C)c(C)nc12. The zero-order chi connectivity index (χ0) is 19.1. The maximum absolute atomic E-state index is 4.94. The largest absolute Gasteiger partial charge is 0.240 e. The Balaban J connectivity index is 1.95. The number of aryl methyl sites for hydroxylation is 3. The van der Waals surface area contributed by atoms with Gasteiger partial charge in [0.05, 0.1) is 26.8 Å². The molecule has 4 heterocycles. The van der Waals surface area contributed by atoms with Gasteiger partial charge in [0, 0.05) is 5.56 Å². The maximum atomic E-state index is 4.94. The first-order valence-electron chi connectivity index (χ1n) is 9.42. The van der Waals surface area contributed by atoms with Gasteiger partial charge in [-0.25, -0.2) is 14.5 Å². The molecular formula is C21H24N4S2. The molecule has 0 aliphatic carbocycles. The third-order valence-electron chi connectivity index (χ3n) is 5.08. The first-order valence-corrected chi connectivity index (χ1v) is 11.1. The summed E-state index contributed by atoms with van der Waals surface area (Å²) >= 11 is 3.46. The molecule has 4 rings (SSSR count). The maximum Gasteiger partial charge on any atom is 0.158 e. The van der Waals surface area contributed by atoms with E-state index in [0.29, 0.717) is 5.92 Å². The van der Waals surface area contributed by atoms with Crippen molar-refractivity contribution in [2.45, 2.75) is 53.4 Å². The molecule has 0 aromatic carbocycles. The van der Waals surface area contributed by atoms with E-state index in [-0.39, 0.29) is 0 Å². The molecule has 0 saturated heterocycles. The second-order valence-electron chi connectivity index (χ2n) is 6.95. The number of nitrogens with zero attached hydrogens (tertiary/aromatic N) is 4. The smallest absolute Gasteiger partial charge is 0.158 e. The third-order valence-corrected chi connectivity index (χ3v) is 7.28. The lowest BCUT2D eigenvalue weighted by molar-refractivity contribution is 0.638. The summed E-state index contributed by atoms with van der Waals surface area (Å²) in [5.41, 5.74) is 6.47. The van der Waals surface area contributed by atoms with E-state index in [4.69, 9.17) is 15.1 Å². The monoisotopic (exact) mass is 396 g/mol. The molecule has 0 bridgehead atoms. The van der Waals surface area contributed by atoms with Crippen molar-refractivity contribution in [1.29, 1.82) is 0 Å². The van der Waals surface area contributed by atoms with E-state index in [1.165, 1.54) is 10.4 Å². The van der Waals surface area contributed by atoms with Gasteiger partial charge in [-0.2, -0.15) is 5.10 Å². The van der Waals surface area contributed by atoms with Gasteiger partial charge in [-0.05, 0) is 57.0 Å². The minimum absolute atomic E-state index is 0.507. The predicted molar refractivity (Wildman–Crippen MR) is 115 cm³/mol. The minimum atomic E-state index is 0.507. The molecule has 6 heteroatoms. The van der Waals surface area contributed by atoms with Crippen LogP contribution in [0.15, 0.2) is 23.6 Å². The van der Waals surface area contributed by atoms with Gasteiger partial charge in [0.15, 0.2) is 5.65 Å². The predicted octanol–water partition coefficient (Wildman–Crippen LogP) is 6.41. The van der Waals surface area contributed by atoms with Gasteiger partial charge in [-0.1, -0.05) is 19.9 Å². The number of hydrogen-bond acceptors (Lipinski definition) is 5. The molecule has 0 aliphatic rings. The molecule has 4 aromatic rings. The molecule has 0 N–H and O–H groups in total. The van der Waals surface area contributed by atoms with E-state index in [1.807, 2.05) is 0 Å². The zero-order valence-corrected chi connectivity index (χ0v) is 18.0. The summed E-state index contributed by atoms with van der Waals surface area (Å²) in [6.45, 7) is 10.7. The minimum Gasteiger partial charge on any atom is -0.240 e. The number of thiophene rings is 1. The highest BCUT2D eigenvalue weighted by Gasteiger charge is 2.22. The average molecular weight is 397 g/mol. The Labute approximate surface area is 167 Å². The number of hydrogen-bond donors (Lipinski definition) is 0. The quantitative estimate of drug-likeness (QED) is 0.391. The topological polar surface area (TPSA) is 43.1 Å². The fourth-order valence-electron chi connectivity index (χ4n) is 3.69. The van der Waals surface area contributed by atoms with Gasteiger partial charge in [-0.3, -0.25) is 0 Å². The molecule has 0 unspecified atom stereocenters. The van der Waals surface area contributed by atoms with Crippen molar-refractivity contribution in [3.05, 3.63) is 46.2 Å². The van der Waals surface area contributed by atoms with Crippen molar-refractivity contribution in [2.75, 3.05) is 0 Å². The summed E-state index contributed by atoms with van der Waals surface area (Å²) in [5.74, 6) is 0.507. The standard InChI is InChI=1S/C21H24N4S2/c1-6-15(7-2)16-11-12(3)24-25-18(13(4)22-20(16)25)19-14(5)23-21(27-19)17-9-8-10-26-17/h8-11,15H,6-7H2,1-5H3. The lowest BCUT2D eigenvalue weighted by atomic mass is 9.95. The van der Waals surface area contributed by atoms with Gasteiger partial charge in [0.2, 0.25) is 0 Å². The normalized spacial score (nSPS) is 11.8. The van der Waals surface area contributed by atoms with E-state index < -0.39 is 0 Å². The summed E-state index contributed by atoms with van der Waals surface area (Å²) in [5, 5.41) is 8.00. The Morgan fingerprint density at radius 3 is 2.52 bits per heavy atom. The lowest BCUT2D eigenvalue weighted by Gasteiger charge is -2.14. The van der Waals surface area contributed by atoms with Crippen LogP contribution < -0.4 is 0 Å². The number of aromatic nitrogens is 4. The van der Waals surface area contributed by atoms with E-state index >= 15 is 0 Å². The first-order chi connectivity index (χ1) is 13.0. The van der Waals surface area contributed by atoms with Gasteiger partial charge >= 0.3 is 0 Å². The fraction of sp³-hybridized carbons (Fsp3) is 0.381. The van der Waals surface area contributed by atoms with Crippen molar-refractivity contribution in [3.63, 3.8) is 0 Å². The second kappa shape index (κ2) is 7.17. The number of rotatable bonds is 5. The molecular weight excluding hydrogens is 372 g/mol. The summed E-state index contributed by atoms with van der Waals surface area (Å²) in [6, 6.07) is 6.41. The molecule has 0 spiro atoms. The van der Waals surface area contributed by atoms with Crippen molar-refractivity contribution >= 4 is 28.3 Å². The molecule has 0 fully saturated rings. The number of thiazole rings is 1. The van der Waals surface area contributed by atoms with E-state index in [1.54, 1.807) is 22.7 Å². The van der Waals surface area contributed by atoms with Crippen molar-refractivity contribution in [2.24, 2.45) is 0 Å². The van der Waals surface area contributed by atoms with Crippen LogP contribution in [-0.4, -0.2) is 19.6 Å². The highest BCUT2D eigenvalue weighted by atomic mass is 32.1. The highest BCUT2D eigenvalue weighted by Crippen LogP contribution is 2.39. The molecule has 0 aliphatic heterocycles. The number of imidazole rings is 1. The van der Waals surface area contributed by atoms with Crippen LogP contribution in [0.4, 0.5) is 0 Å². The van der Waals surface area contributed by atoms with Crippen LogP contribution in [0.2, 0.25) is 0 Å². The van der Waals surface area contributed by atoms with Crippen LogP contribution in [0.5, 0.6) is 0 Å². The van der Waals surface area contributed by atoms with E-state index in [0.717, 1.165) is 51.1 Å². The van der Waals surface area contributed by atoms with Gasteiger partial charge in [0.1, 0.15) is 10.7 Å². The Hall–Kier alpha value is -2.05. The molecule has 0 amide bonds. The third kappa shape index (κ3) is 3.11. The van der Waals surface area contributed by atoms with Gasteiger partial charge in [0.25, 0.3) is 0 Å². The molecule has 4 nitrogen and oxygen atoms in total. The Bertz CT molecular complexity index is 1090. The molecule has 0 atom stereocenters. The summed E-state index contributed by atoms with van der Waals surface area (Å²) in [7, 11) is 0. The van der Waals surface area contributed by atoms with Crippen LogP contribution in [0.1, 0.15) is 55.3 Å². The highest BCUT2D eigenvalue weighted by molar-refractivity contribution is 7.23. The van der Waals surface area contributed by atoms with Gasteiger partial charge < -0.3 is 0 Å². The van der Waals surface area contributed by atoms with Crippen molar-refractivity contribution in [1.82, 2.24) is 19.6 Å². The molecule has 27 heavy (non-hydrogen) atoms. The summed E-state index contributed by atoms with van der Waals surface area (Å²) < 4.78 is 2.05. The van der Waals surface area contributed by atoms with E-state index in [9.17, 15) is 0 Å². The first kappa shape index (κ1) is 18.3. The summed E-state index contributed by atoms with van der Waals surface area (Å²) in [6.07, 6.45) is 2.22. The van der Waals surface area contributed by atoms with Crippen molar-refractivity contribution in [3.8, 4) is 20.5 Å². The summed E-state index contributed by atoms with van der Waals surface area (Å²) in [4.78, 5) is 12.1. The Kier molecular flexibility index (Phi) is 4.86.